The molecule has 0 N–H and O–H groups in total. The highest BCUT2D eigenvalue weighted by molar-refractivity contribution is 7.84. The summed E-state index contributed by atoms with van der Waals surface area (Å²) in [6.45, 7) is 1.75. The number of benzene rings is 2. The normalized spacial score (nSPS) is 12.4. The molecule has 0 bridgehead atoms. The van der Waals surface area contributed by atoms with E-state index in [0.29, 0.717) is 0 Å². The summed E-state index contributed by atoms with van der Waals surface area (Å²) < 4.78 is 38.4. The van der Waals surface area contributed by atoms with Gasteiger partial charge in [0.2, 0.25) is 0 Å². The first-order valence-corrected chi connectivity index (χ1v) is 6.78. The summed E-state index contributed by atoms with van der Waals surface area (Å²) in [5.74, 6) is -0.615. The molecule has 0 heterocycles. The zero-order valence-electron chi connectivity index (χ0n) is 9.82. The van der Waals surface area contributed by atoms with E-state index in [4.69, 9.17) is 0 Å². The second-order valence-electron chi connectivity index (χ2n) is 3.99. The van der Waals surface area contributed by atoms with Crippen molar-refractivity contribution in [2.24, 2.45) is 0 Å². The fourth-order valence-electron chi connectivity index (χ4n) is 1.67. The van der Waals surface area contributed by atoms with E-state index < -0.39 is 16.6 Å². The van der Waals surface area contributed by atoms with Gasteiger partial charge in [0.05, 0.1) is 21.4 Å². The van der Waals surface area contributed by atoms with E-state index in [9.17, 15) is 13.0 Å². The molecule has 2 aromatic carbocycles. The molecule has 0 aromatic heterocycles. The van der Waals surface area contributed by atoms with Gasteiger partial charge >= 0.3 is 0 Å². The first-order valence-electron chi connectivity index (χ1n) is 5.46. The summed E-state index contributed by atoms with van der Waals surface area (Å²) in [4.78, 5) is 0.182. The van der Waals surface area contributed by atoms with Crippen molar-refractivity contribution < 1.29 is 13.0 Å². The molecular formula is C14H12F2OS. The highest BCUT2D eigenvalue weighted by Crippen LogP contribution is 2.18. The minimum atomic E-state index is -1.46. The van der Waals surface area contributed by atoms with Crippen molar-refractivity contribution >= 4 is 10.8 Å². The monoisotopic (exact) mass is 266 g/mol. The summed E-state index contributed by atoms with van der Waals surface area (Å²) in [5.41, 5.74) is 1.48. The number of hydrogen-bond donors (Lipinski definition) is 0. The molecule has 0 saturated heterocycles. The predicted molar refractivity (Wildman–Crippen MR) is 67.6 cm³/mol. The van der Waals surface area contributed by atoms with Crippen LogP contribution in [0.3, 0.4) is 0 Å². The molecule has 94 valence electrons. The highest BCUT2D eigenvalue weighted by atomic mass is 32.2. The van der Waals surface area contributed by atoms with Gasteiger partial charge in [0.1, 0.15) is 11.6 Å². The van der Waals surface area contributed by atoms with E-state index in [1.807, 2.05) is 0 Å². The van der Waals surface area contributed by atoms with Gasteiger partial charge in [-0.15, -0.1) is 0 Å². The Morgan fingerprint density at radius 3 is 2.50 bits per heavy atom. The molecule has 0 saturated carbocycles. The van der Waals surface area contributed by atoms with Crippen LogP contribution in [-0.4, -0.2) is 4.21 Å². The van der Waals surface area contributed by atoms with E-state index in [-0.39, 0.29) is 16.5 Å². The highest BCUT2D eigenvalue weighted by Gasteiger charge is 2.11. The molecule has 2 rings (SSSR count). The van der Waals surface area contributed by atoms with Crippen LogP contribution in [0.15, 0.2) is 47.4 Å². The Morgan fingerprint density at radius 2 is 1.83 bits per heavy atom. The molecular weight excluding hydrogens is 254 g/mol. The van der Waals surface area contributed by atoms with Gasteiger partial charge in [0.15, 0.2) is 0 Å². The quantitative estimate of drug-likeness (QED) is 0.830. The maximum Gasteiger partial charge on any atom is 0.139 e. The smallest absolute Gasteiger partial charge is 0.139 e. The molecule has 0 aliphatic heterocycles. The van der Waals surface area contributed by atoms with Crippen LogP contribution >= 0.6 is 0 Å². The van der Waals surface area contributed by atoms with E-state index in [0.717, 1.165) is 11.1 Å². The molecule has 2 aromatic rings. The number of aryl methyl sites for hydroxylation is 1. The van der Waals surface area contributed by atoms with Crippen LogP contribution in [-0.2, 0) is 16.6 Å². The molecule has 18 heavy (non-hydrogen) atoms. The van der Waals surface area contributed by atoms with E-state index in [1.54, 1.807) is 25.1 Å². The Hall–Kier alpha value is -1.55. The third kappa shape index (κ3) is 2.82. The molecule has 1 atom stereocenters. The molecule has 1 nitrogen and oxygen atoms in total. The Bertz CT molecular complexity index is 596. The Balaban J connectivity index is 2.24. The summed E-state index contributed by atoms with van der Waals surface area (Å²) in [5, 5.41) is 0. The SMILES string of the molecule is Cc1cc(F)ccc1CS(=O)c1ccccc1F. The number of rotatable bonds is 3. The minimum absolute atomic E-state index is 0.182. The van der Waals surface area contributed by atoms with Gasteiger partial charge in [-0.25, -0.2) is 8.78 Å². The average Bonchev–Trinajstić information content (AvgIpc) is 2.33. The zero-order valence-corrected chi connectivity index (χ0v) is 10.6. The van der Waals surface area contributed by atoms with Gasteiger partial charge in [-0.1, -0.05) is 18.2 Å². The molecule has 0 radical (unpaired) electrons. The number of hydrogen-bond acceptors (Lipinski definition) is 1. The predicted octanol–water partition coefficient (Wildman–Crippen LogP) is 3.58. The van der Waals surface area contributed by atoms with Crippen molar-refractivity contribution in [3.63, 3.8) is 0 Å². The standard InChI is InChI=1S/C14H12F2OS/c1-10-8-12(15)7-6-11(10)9-18(17)14-5-3-2-4-13(14)16/h2-8H,9H2,1H3. The third-order valence-corrected chi connectivity index (χ3v) is 4.07. The zero-order chi connectivity index (χ0) is 13.1. The van der Waals surface area contributed by atoms with Gasteiger partial charge in [0.25, 0.3) is 0 Å². The summed E-state index contributed by atoms with van der Waals surface area (Å²) >= 11 is 0. The van der Waals surface area contributed by atoms with Crippen molar-refractivity contribution in [2.75, 3.05) is 0 Å². The molecule has 0 amide bonds. The fraction of sp³-hybridized carbons (Fsp3) is 0.143. The Morgan fingerprint density at radius 1 is 1.11 bits per heavy atom. The lowest BCUT2D eigenvalue weighted by molar-refractivity contribution is 0.595. The topological polar surface area (TPSA) is 17.1 Å². The lowest BCUT2D eigenvalue weighted by Crippen LogP contribution is -2.01. The molecule has 0 aliphatic carbocycles. The van der Waals surface area contributed by atoms with Crippen molar-refractivity contribution in [1.82, 2.24) is 0 Å². The first-order chi connectivity index (χ1) is 8.58. The summed E-state index contributed by atoms with van der Waals surface area (Å²) in [6.07, 6.45) is 0. The number of halogens is 2. The van der Waals surface area contributed by atoms with Crippen LogP contribution < -0.4 is 0 Å². The maximum absolute atomic E-state index is 13.5. The van der Waals surface area contributed by atoms with Crippen LogP contribution in [0.2, 0.25) is 0 Å². The van der Waals surface area contributed by atoms with Crippen LogP contribution in [0.1, 0.15) is 11.1 Å². The van der Waals surface area contributed by atoms with Crippen LogP contribution in [0, 0.1) is 18.6 Å². The van der Waals surface area contributed by atoms with Crippen molar-refractivity contribution in [2.45, 2.75) is 17.6 Å². The van der Waals surface area contributed by atoms with Crippen LogP contribution in [0.4, 0.5) is 8.78 Å². The third-order valence-electron chi connectivity index (χ3n) is 2.67. The second kappa shape index (κ2) is 5.40. The van der Waals surface area contributed by atoms with Gasteiger partial charge < -0.3 is 0 Å². The van der Waals surface area contributed by atoms with Crippen molar-refractivity contribution in [3.8, 4) is 0 Å². The Labute approximate surface area is 107 Å². The van der Waals surface area contributed by atoms with Gasteiger partial charge in [-0.05, 0) is 42.3 Å². The van der Waals surface area contributed by atoms with E-state index >= 15 is 0 Å². The second-order valence-corrected chi connectivity index (χ2v) is 5.41. The van der Waals surface area contributed by atoms with Gasteiger partial charge in [-0.2, -0.15) is 0 Å². The van der Waals surface area contributed by atoms with E-state index in [2.05, 4.69) is 0 Å². The van der Waals surface area contributed by atoms with E-state index in [1.165, 1.54) is 24.3 Å². The van der Waals surface area contributed by atoms with Crippen molar-refractivity contribution in [3.05, 3.63) is 65.2 Å². The van der Waals surface area contributed by atoms with Crippen molar-refractivity contribution in [1.29, 1.82) is 0 Å². The molecule has 0 aliphatic rings. The van der Waals surface area contributed by atoms with Crippen LogP contribution in [0.5, 0.6) is 0 Å². The van der Waals surface area contributed by atoms with Gasteiger partial charge in [-0.3, -0.25) is 4.21 Å². The molecule has 0 fully saturated rings. The molecule has 1 unspecified atom stereocenters. The summed E-state index contributed by atoms with van der Waals surface area (Å²) in [6, 6.07) is 10.3. The molecule has 4 heteroatoms. The largest absolute Gasteiger partial charge is 0.254 e. The maximum atomic E-state index is 13.5. The molecule has 0 spiro atoms. The lowest BCUT2D eigenvalue weighted by Gasteiger charge is -2.06. The van der Waals surface area contributed by atoms with Crippen LogP contribution in [0.25, 0.3) is 0 Å². The summed E-state index contributed by atoms with van der Waals surface area (Å²) in [7, 11) is -1.46. The first kappa shape index (κ1) is 12.9. The van der Waals surface area contributed by atoms with Gasteiger partial charge in [0, 0.05) is 0 Å². The minimum Gasteiger partial charge on any atom is -0.254 e. The fourth-order valence-corrected chi connectivity index (χ4v) is 2.95. The lowest BCUT2D eigenvalue weighted by atomic mass is 10.1. The Kier molecular flexibility index (Phi) is 3.87. The average molecular weight is 266 g/mol.